The molecule has 1 fully saturated rings. The van der Waals surface area contributed by atoms with Crippen molar-refractivity contribution in [1.82, 2.24) is 19.6 Å². The monoisotopic (exact) mass is 473 g/mol. The molecule has 3 rings (SSSR count). The first-order chi connectivity index (χ1) is 14.1. The van der Waals surface area contributed by atoms with Crippen LogP contribution in [0, 0.1) is 0 Å². The first-order valence-corrected chi connectivity index (χ1v) is 11.5. The van der Waals surface area contributed by atoms with Crippen LogP contribution in [0.4, 0.5) is 5.82 Å². The lowest BCUT2D eigenvalue weighted by Gasteiger charge is -2.32. The van der Waals surface area contributed by atoms with Gasteiger partial charge in [-0.2, -0.15) is 5.10 Å². The minimum Gasteiger partial charge on any atom is -0.508 e. The number of likely N-dealkylation sites (tertiary alicyclic amines) is 1. The number of hydrogen-bond donors (Lipinski definition) is 2. The van der Waals surface area contributed by atoms with E-state index in [1.807, 2.05) is 12.1 Å². The number of anilines is 1. The van der Waals surface area contributed by atoms with E-state index in [9.17, 15) is 5.11 Å². The van der Waals surface area contributed by atoms with Crippen molar-refractivity contribution >= 4 is 41.5 Å². The lowest BCUT2D eigenvalue weighted by molar-refractivity contribution is 0.162. The fourth-order valence-electron chi connectivity index (χ4n) is 4.37. The molecule has 0 spiro atoms. The molecule has 2 aromatic rings. The minimum absolute atomic E-state index is 0. The summed E-state index contributed by atoms with van der Waals surface area (Å²) in [6.07, 6.45) is 6.21. The number of rotatable bonds is 11. The average molecular weight is 475 g/mol. The van der Waals surface area contributed by atoms with Gasteiger partial charge in [-0.05, 0) is 83.5 Å². The molecular weight excluding hydrogens is 433 g/mol. The Morgan fingerprint density at radius 2 is 1.84 bits per heavy atom. The summed E-state index contributed by atoms with van der Waals surface area (Å²) in [5.41, 5.74) is 1.10. The Kier molecular flexibility index (Phi) is 12.6. The highest BCUT2D eigenvalue weighted by atomic mass is 35.5. The molecule has 178 valence electrons. The fourth-order valence-corrected chi connectivity index (χ4v) is 4.37. The van der Waals surface area contributed by atoms with Crippen molar-refractivity contribution in [3.63, 3.8) is 0 Å². The molecule has 2 N–H and O–H groups in total. The highest BCUT2D eigenvalue weighted by molar-refractivity contribution is 5.91. The lowest BCUT2D eigenvalue weighted by atomic mass is 10.1. The van der Waals surface area contributed by atoms with Crippen LogP contribution < -0.4 is 5.32 Å². The van der Waals surface area contributed by atoms with Crippen LogP contribution in [-0.4, -0.2) is 70.0 Å². The van der Waals surface area contributed by atoms with Crippen LogP contribution in [0.3, 0.4) is 0 Å². The highest BCUT2D eigenvalue weighted by Crippen LogP contribution is 2.27. The first kappa shape index (κ1) is 27.8. The number of aryl methyl sites for hydroxylation is 1. The normalized spacial score (nSPS) is 15.5. The third-order valence-corrected chi connectivity index (χ3v) is 6.34. The minimum atomic E-state index is 0. The Morgan fingerprint density at radius 1 is 1.13 bits per heavy atom. The quantitative estimate of drug-likeness (QED) is 0.449. The van der Waals surface area contributed by atoms with Gasteiger partial charge in [0.15, 0.2) is 5.82 Å². The summed E-state index contributed by atoms with van der Waals surface area (Å²) in [6, 6.07) is 6.17. The summed E-state index contributed by atoms with van der Waals surface area (Å²) in [6.45, 7) is 14.3. The van der Waals surface area contributed by atoms with E-state index in [2.05, 4.69) is 40.6 Å². The van der Waals surface area contributed by atoms with Crippen molar-refractivity contribution in [3.8, 4) is 5.75 Å². The fraction of sp³-hybridized carbons (Fsp3) is 0.696. The second kappa shape index (κ2) is 14.0. The number of aromatic nitrogens is 2. The molecule has 1 unspecified atom stereocenters. The molecule has 1 atom stereocenters. The van der Waals surface area contributed by atoms with E-state index in [0.29, 0.717) is 11.8 Å². The SMILES string of the molecule is CCN(CC)CCCNc1nn(CCC(C)N2CCCCC2)c2ccc(O)cc12.Cl.Cl. The van der Waals surface area contributed by atoms with Crippen LogP contribution in [0.2, 0.25) is 0 Å². The number of piperidine rings is 1. The smallest absolute Gasteiger partial charge is 0.156 e. The number of aromatic hydroxyl groups is 1. The second-order valence-corrected chi connectivity index (χ2v) is 8.31. The van der Waals surface area contributed by atoms with E-state index < -0.39 is 0 Å². The van der Waals surface area contributed by atoms with E-state index >= 15 is 0 Å². The zero-order chi connectivity index (χ0) is 20.6. The number of phenols is 1. The first-order valence-electron chi connectivity index (χ1n) is 11.5. The largest absolute Gasteiger partial charge is 0.508 e. The van der Waals surface area contributed by atoms with Gasteiger partial charge in [0.1, 0.15) is 5.75 Å². The predicted molar refractivity (Wildman–Crippen MR) is 136 cm³/mol. The van der Waals surface area contributed by atoms with E-state index in [-0.39, 0.29) is 24.8 Å². The van der Waals surface area contributed by atoms with E-state index in [4.69, 9.17) is 5.10 Å². The van der Waals surface area contributed by atoms with E-state index in [0.717, 1.165) is 62.3 Å². The summed E-state index contributed by atoms with van der Waals surface area (Å²) < 4.78 is 2.11. The molecule has 0 saturated carbocycles. The number of halogens is 2. The molecule has 1 aliphatic rings. The molecule has 6 nitrogen and oxygen atoms in total. The predicted octanol–water partition coefficient (Wildman–Crippen LogP) is 4.99. The molecule has 2 heterocycles. The molecule has 1 aliphatic heterocycles. The van der Waals surface area contributed by atoms with Gasteiger partial charge in [-0.3, -0.25) is 4.68 Å². The third kappa shape index (κ3) is 7.70. The maximum atomic E-state index is 9.98. The molecule has 1 saturated heterocycles. The Balaban J connectivity index is 0.00000240. The zero-order valence-electron chi connectivity index (χ0n) is 19.3. The maximum Gasteiger partial charge on any atom is 0.156 e. The summed E-state index contributed by atoms with van der Waals surface area (Å²) >= 11 is 0. The van der Waals surface area contributed by atoms with Gasteiger partial charge in [-0.25, -0.2) is 0 Å². The standard InChI is InChI=1S/C23H39N5O.2ClH/c1-4-26(5-2)14-9-13-24-23-21-18-20(29)10-11-22(21)28(25-23)17-12-19(3)27-15-7-6-8-16-27;;/h10-11,18-19,29H,4-9,12-17H2,1-3H3,(H,24,25);2*1H. The van der Waals surface area contributed by atoms with Crippen molar-refractivity contribution < 1.29 is 5.11 Å². The Labute approximate surface area is 200 Å². The van der Waals surface area contributed by atoms with Gasteiger partial charge < -0.3 is 20.2 Å². The summed E-state index contributed by atoms with van der Waals surface area (Å²) in [4.78, 5) is 5.06. The highest BCUT2D eigenvalue weighted by Gasteiger charge is 2.18. The van der Waals surface area contributed by atoms with Crippen molar-refractivity contribution in [1.29, 1.82) is 0 Å². The van der Waals surface area contributed by atoms with Crippen molar-refractivity contribution in [3.05, 3.63) is 18.2 Å². The number of fused-ring (bicyclic) bond motifs is 1. The van der Waals surface area contributed by atoms with E-state index in [1.54, 1.807) is 6.07 Å². The van der Waals surface area contributed by atoms with Crippen LogP contribution in [0.25, 0.3) is 10.9 Å². The number of hydrogen-bond acceptors (Lipinski definition) is 5. The molecular formula is C23H41Cl2N5O. The van der Waals surface area contributed by atoms with Crippen LogP contribution in [0.1, 0.15) is 52.9 Å². The number of nitrogens with zero attached hydrogens (tertiary/aromatic N) is 4. The molecule has 1 aromatic carbocycles. The zero-order valence-corrected chi connectivity index (χ0v) is 21.0. The number of nitrogens with one attached hydrogen (secondary N) is 1. The Hall–Kier alpha value is -1.21. The van der Waals surface area contributed by atoms with Crippen LogP contribution in [-0.2, 0) is 6.54 Å². The number of phenolic OH excluding ortho intramolecular Hbond substituents is 1. The maximum absolute atomic E-state index is 9.98. The third-order valence-electron chi connectivity index (χ3n) is 6.34. The van der Waals surface area contributed by atoms with Gasteiger partial charge in [0.2, 0.25) is 0 Å². The summed E-state index contributed by atoms with van der Waals surface area (Å²) in [7, 11) is 0. The molecule has 8 heteroatoms. The van der Waals surface area contributed by atoms with Gasteiger partial charge in [0.25, 0.3) is 0 Å². The van der Waals surface area contributed by atoms with Gasteiger partial charge in [0.05, 0.1) is 5.52 Å². The molecule has 0 amide bonds. The second-order valence-electron chi connectivity index (χ2n) is 8.31. The summed E-state index contributed by atoms with van der Waals surface area (Å²) in [5.74, 6) is 1.19. The van der Waals surface area contributed by atoms with Gasteiger partial charge >= 0.3 is 0 Å². The van der Waals surface area contributed by atoms with E-state index in [1.165, 1.54) is 32.4 Å². The molecule has 0 aliphatic carbocycles. The number of benzene rings is 1. The molecule has 31 heavy (non-hydrogen) atoms. The molecule has 1 aromatic heterocycles. The lowest BCUT2D eigenvalue weighted by Crippen LogP contribution is -2.37. The topological polar surface area (TPSA) is 56.6 Å². The van der Waals surface area contributed by atoms with Crippen LogP contribution in [0.5, 0.6) is 5.75 Å². The van der Waals surface area contributed by atoms with Gasteiger partial charge in [-0.1, -0.05) is 20.3 Å². The van der Waals surface area contributed by atoms with Crippen LogP contribution >= 0.6 is 24.8 Å². The Morgan fingerprint density at radius 3 is 2.52 bits per heavy atom. The average Bonchev–Trinajstić information content (AvgIpc) is 3.09. The Bertz CT molecular complexity index is 760. The van der Waals surface area contributed by atoms with Crippen molar-refractivity contribution in [2.24, 2.45) is 0 Å². The van der Waals surface area contributed by atoms with Gasteiger partial charge in [0, 0.05) is 24.5 Å². The summed E-state index contributed by atoms with van der Waals surface area (Å²) in [5, 5.41) is 19.4. The van der Waals surface area contributed by atoms with Crippen LogP contribution in [0.15, 0.2) is 18.2 Å². The van der Waals surface area contributed by atoms with Crippen molar-refractivity contribution in [2.45, 2.75) is 65.5 Å². The van der Waals surface area contributed by atoms with Crippen molar-refractivity contribution in [2.75, 3.05) is 44.6 Å². The molecule has 0 radical (unpaired) electrons. The van der Waals surface area contributed by atoms with Gasteiger partial charge in [-0.15, -0.1) is 24.8 Å². The molecule has 0 bridgehead atoms.